The molecule has 0 spiro atoms. The van der Waals surface area contributed by atoms with Gasteiger partial charge in [0.25, 0.3) is 0 Å². The monoisotopic (exact) mass is 249 g/mol. The molecule has 0 unspecified atom stereocenters. The van der Waals surface area contributed by atoms with Crippen LogP contribution in [0.4, 0.5) is 5.82 Å². The Hall–Kier alpha value is -1.20. The molecule has 1 aliphatic rings. The molecule has 1 aromatic rings. The lowest BCUT2D eigenvalue weighted by Crippen LogP contribution is -2.46. The van der Waals surface area contributed by atoms with Crippen molar-refractivity contribution >= 4 is 5.82 Å². The third kappa shape index (κ3) is 3.65. The van der Waals surface area contributed by atoms with Crippen LogP contribution in [0.5, 0.6) is 0 Å². The van der Waals surface area contributed by atoms with Crippen LogP contribution in [0.3, 0.4) is 0 Å². The molecule has 0 amide bonds. The summed E-state index contributed by atoms with van der Waals surface area (Å²) in [5, 5.41) is 3.37. The Morgan fingerprint density at radius 1 is 1.33 bits per heavy atom. The average Bonchev–Trinajstić information content (AvgIpc) is 2.46. The zero-order valence-electron chi connectivity index (χ0n) is 11.4. The Balaban J connectivity index is 1.84. The van der Waals surface area contributed by atoms with E-state index >= 15 is 0 Å². The predicted molar refractivity (Wildman–Crippen MR) is 74.0 cm³/mol. The second kappa shape index (κ2) is 6.66. The number of hydrogen-bond acceptors (Lipinski definition) is 5. The highest BCUT2D eigenvalue weighted by Crippen LogP contribution is 2.09. The Labute approximate surface area is 109 Å². The Morgan fingerprint density at radius 2 is 2.11 bits per heavy atom. The molecule has 2 heterocycles. The maximum Gasteiger partial charge on any atom is 0.131 e. The number of nitrogens with one attached hydrogen (secondary N) is 1. The van der Waals surface area contributed by atoms with Crippen molar-refractivity contribution in [1.82, 2.24) is 20.2 Å². The number of aryl methyl sites for hydroxylation is 1. The van der Waals surface area contributed by atoms with Crippen LogP contribution in [0.25, 0.3) is 0 Å². The van der Waals surface area contributed by atoms with Gasteiger partial charge in [0.05, 0.1) is 0 Å². The van der Waals surface area contributed by atoms with Gasteiger partial charge in [0.15, 0.2) is 0 Å². The Morgan fingerprint density at radius 3 is 2.83 bits per heavy atom. The third-order valence-corrected chi connectivity index (χ3v) is 3.42. The van der Waals surface area contributed by atoms with Crippen molar-refractivity contribution in [3.8, 4) is 0 Å². The van der Waals surface area contributed by atoms with Crippen molar-refractivity contribution in [2.24, 2.45) is 0 Å². The maximum absolute atomic E-state index is 4.33. The van der Waals surface area contributed by atoms with Crippen molar-refractivity contribution in [3.05, 3.63) is 18.1 Å². The summed E-state index contributed by atoms with van der Waals surface area (Å²) in [7, 11) is 2.10. The fourth-order valence-electron chi connectivity index (χ4n) is 2.13. The molecule has 5 nitrogen and oxygen atoms in total. The number of rotatable bonds is 5. The molecule has 1 aromatic heterocycles. The molecule has 0 saturated carbocycles. The highest BCUT2D eigenvalue weighted by Gasteiger charge is 2.10. The van der Waals surface area contributed by atoms with Gasteiger partial charge >= 0.3 is 0 Å². The predicted octanol–water partition coefficient (Wildman–Crippen LogP) is 0.380. The first-order valence-corrected chi connectivity index (χ1v) is 6.74. The van der Waals surface area contributed by atoms with E-state index in [-0.39, 0.29) is 0 Å². The molecule has 100 valence electrons. The molecule has 18 heavy (non-hydrogen) atoms. The number of likely N-dealkylation sites (N-methyl/N-ethyl adjacent to an activating group) is 1. The number of aromatic nitrogens is 2. The zero-order chi connectivity index (χ0) is 12.8. The Bertz CT molecular complexity index is 362. The van der Waals surface area contributed by atoms with Gasteiger partial charge in [-0.15, -0.1) is 0 Å². The van der Waals surface area contributed by atoms with Gasteiger partial charge in [-0.05, 0) is 6.42 Å². The molecule has 0 aliphatic carbocycles. The number of hydrogen-bond donors (Lipinski definition) is 1. The molecule has 2 rings (SSSR count). The lowest BCUT2D eigenvalue weighted by Gasteiger charge is -2.29. The first-order valence-electron chi connectivity index (χ1n) is 6.74. The number of nitrogens with zero attached hydrogens (tertiary/aromatic N) is 4. The molecule has 1 fully saturated rings. The molecule has 1 saturated heterocycles. The molecular formula is C13H23N5. The van der Waals surface area contributed by atoms with Gasteiger partial charge in [-0.3, -0.25) is 4.90 Å². The van der Waals surface area contributed by atoms with E-state index in [1.54, 1.807) is 6.33 Å². The number of piperazine rings is 1. The van der Waals surface area contributed by atoms with E-state index in [2.05, 4.69) is 45.1 Å². The van der Waals surface area contributed by atoms with E-state index in [4.69, 9.17) is 0 Å². The minimum absolute atomic E-state index is 0.959. The van der Waals surface area contributed by atoms with E-state index in [0.29, 0.717) is 0 Å². The highest BCUT2D eigenvalue weighted by atomic mass is 15.2. The average molecular weight is 249 g/mol. The number of anilines is 1. The molecule has 1 N–H and O–H groups in total. The molecule has 1 aliphatic heterocycles. The second-order valence-corrected chi connectivity index (χ2v) is 4.73. The molecule has 0 atom stereocenters. The van der Waals surface area contributed by atoms with Gasteiger partial charge in [-0.2, -0.15) is 0 Å². The summed E-state index contributed by atoms with van der Waals surface area (Å²) in [5.41, 5.74) is 1.11. The van der Waals surface area contributed by atoms with Crippen molar-refractivity contribution in [3.63, 3.8) is 0 Å². The van der Waals surface area contributed by atoms with Crippen molar-refractivity contribution in [1.29, 1.82) is 0 Å². The summed E-state index contributed by atoms with van der Waals surface area (Å²) in [6, 6.07) is 2.08. The quantitative estimate of drug-likeness (QED) is 0.817. The molecule has 0 aromatic carbocycles. The minimum atomic E-state index is 0.959. The summed E-state index contributed by atoms with van der Waals surface area (Å²) in [6.07, 6.45) is 2.62. The van der Waals surface area contributed by atoms with Gasteiger partial charge < -0.3 is 10.2 Å². The summed E-state index contributed by atoms with van der Waals surface area (Å²) >= 11 is 0. The van der Waals surface area contributed by atoms with Gasteiger partial charge in [0.2, 0.25) is 0 Å². The van der Waals surface area contributed by atoms with Crippen molar-refractivity contribution in [2.75, 3.05) is 51.2 Å². The van der Waals surface area contributed by atoms with Gasteiger partial charge in [-0.25, -0.2) is 9.97 Å². The topological polar surface area (TPSA) is 44.3 Å². The van der Waals surface area contributed by atoms with Crippen LogP contribution in [0, 0.1) is 0 Å². The van der Waals surface area contributed by atoms with E-state index in [9.17, 15) is 0 Å². The minimum Gasteiger partial charge on any atom is -0.358 e. The summed E-state index contributed by atoms with van der Waals surface area (Å²) in [4.78, 5) is 13.3. The highest BCUT2D eigenvalue weighted by molar-refractivity contribution is 5.37. The summed E-state index contributed by atoms with van der Waals surface area (Å²) < 4.78 is 0. The fraction of sp³-hybridized carbons (Fsp3) is 0.692. The SMILES string of the molecule is CCc1cc(N(C)CCN2CCNCC2)ncn1. The van der Waals surface area contributed by atoms with E-state index in [1.165, 1.54) is 0 Å². The molecular weight excluding hydrogens is 226 g/mol. The van der Waals surface area contributed by atoms with E-state index < -0.39 is 0 Å². The van der Waals surface area contributed by atoms with Crippen LogP contribution >= 0.6 is 0 Å². The maximum atomic E-state index is 4.33. The summed E-state index contributed by atoms with van der Waals surface area (Å²) in [5.74, 6) is 1.02. The Kier molecular flexibility index (Phi) is 4.90. The molecule has 0 radical (unpaired) electrons. The van der Waals surface area contributed by atoms with Gasteiger partial charge in [0.1, 0.15) is 12.1 Å². The van der Waals surface area contributed by atoms with Crippen LogP contribution in [0.1, 0.15) is 12.6 Å². The third-order valence-electron chi connectivity index (χ3n) is 3.42. The van der Waals surface area contributed by atoms with E-state index in [0.717, 1.165) is 57.2 Å². The van der Waals surface area contributed by atoms with Crippen LogP contribution in [-0.2, 0) is 6.42 Å². The smallest absolute Gasteiger partial charge is 0.131 e. The second-order valence-electron chi connectivity index (χ2n) is 4.73. The first kappa shape index (κ1) is 13.2. The van der Waals surface area contributed by atoms with Crippen LogP contribution in [0.2, 0.25) is 0 Å². The standard InChI is InChI=1S/C13H23N5/c1-3-12-10-13(16-11-15-12)17(2)8-9-18-6-4-14-5-7-18/h10-11,14H,3-9H2,1-2H3. The lowest BCUT2D eigenvalue weighted by molar-refractivity contribution is 0.246. The van der Waals surface area contributed by atoms with Gasteiger partial charge in [-0.1, -0.05) is 6.92 Å². The summed E-state index contributed by atoms with van der Waals surface area (Å²) in [6.45, 7) is 8.75. The van der Waals surface area contributed by atoms with Crippen LogP contribution in [0.15, 0.2) is 12.4 Å². The van der Waals surface area contributed by atoms with Crippen LogP contribution < -0.4 is 10.2 Å². The fourth-order valence-corrected chi connectivity index (χ4v) is 2.13. The van der Waals surface area contributed by atoms with Crippen LogP contribution in [-0.4, -0.2) is 61.2 Å². The molecule has 5 heteroatoms. The van der Waals surface area contributed by atoms with Gasteiger partial charge in [0, 0.05) is 58.1 Å². The van der Waals surface area contributed by atoms with Crippen molar-refractivity contribution in [2.45, 2.75) is 13.3 Å². The normalized spacial score (nSPS) is 16.8. The largest absolute Gasteiger partial charge is 0.358 e. The zero-order valence-corrected chi connectivity index (χ0v) is 11.4. The van der Waals surface area contributed by atoms with E-state index in [1.807, 2.05) is 0 Å². The molecule has 0 bridgehead atoms. The lowest BCUT2D eigenvalue weighted by atomic mass is 10.3. The first-order chi connectivity index (χ1) is 8.79. The van der Waals surface area contributed by atoms with Crippen molar-refractivity contribution < 1.29 is 0 Å².